The van der Waals surface area contributed by atoms with E-state index in [2.05, 4.69) is 4.99 Å². The lowest BCUT2D eigenvalue weighted by Gasteiger charge is -2.26. The lowest BCUT2D eigenvalue weighted by molar-refractivity contribution is -0.137. The number of methoxy groups -OCH3 is 1. The molecule has 2 atom stereocenters. The molecule has 0 aromatic heterocycles. The number of carbonyl (C=O) groups excluding carboxylic acids is 1. The number of hydrogen-bond donors (Lipinski definition) is 0. The third-order valence-corrected chi connectivity index (χ3v) is 8.54. The summed E-state index contributed by atoms with van der Waals surface area (Å²) in [6.07, 6.45) is -3.85. The van der Waals surface area contributed by atoms with Gasteiger partial charge in [0.1, 0.15) is 12.0 Å². The Balaban J connectivity index is 1.76. The number of aliphatic imine (C=N–C) groups is 1. The van der Waals surface area contributed by atoms with Gasteiger partial charge in [-0.1, -0.05) is 17.8 Å². The van der Waals surface area contributed by atoms with Gasteiger partial charge in [0.05, 0.1) is 36.8 Å². The van der Waals surface area contributed by atoms with E-state index in [9.17, 15) is 26.4 Å². The van der Waals surface area contributed by atoms with E-state index < -0.39 is 27.6 Å². The molecule has 0 radical (unpaired) electrons. The third kappa shape index (κ3) is 4.63. The first-order chi connectivity index (χ1) is 15.1. The van der Waals surface area contributed by atoms with Crippen molar-refractivity contribution >= 4 is 38.7 Å². The highest BCUT2D eigenvalue weighted by atomic mass is 32.2. The molecule has 6 nitrogen and oxygen atoms in total. The Kier molecular flexibility index (Phi) is 5.97. The first kappa shape index (κ1) is 22.7. The number of aldehydes is 1. The van der Waals surface area contributed by atoms with Crippen molar-refractivity contribution < 1.29 is 31.1 Å². The molecule has 170 valence electrons. The number of sulfone groups is 1. The van der Waals surface area contributed by atoms with Crippen LogP contribution in [0.2, 0.25) is 0 Å². The van der Waals surface area contributed by atoms with E-state index in [0.717, 1.165) is 12.1 Å². The molecule has 0 aliphatic carbocycles. The molecule has 2 aromatic rings. The number of hydrogen-bond acceptors (Lipinski definition) is 7. The zero-order chi connectivity index (χ0) is 23.1. The fourth-order valence-electron chi connectivity index (χ4n) is 3.76. The average Bonchev–Trinajstić information content (AvgIpc) is 3.24. The second-order valence-corrected chi connectivity index (χ2v) is 10.9. The van der Waals surface area contributed by atoms with E-state index in [-0.39, 0.29) is 29.0 Å². The average molecular weight is 485 g/mol. The van der Waals surface area contributed by atoms with Crippen LogP contribution in [-0.2, 0) is 22.6 Å². The summed E-state index contributed by atoms with van der Waals surface area (Å²) in [6.45, 7) is 0.0875. The number of fused-ring (bicyclic) bond motifs is 1. The summed E-state index contributed by atoms with van der Waals surface area (Å²) in [5.41, 5.74) is 0.434. The van der Waals surface area contributed by atoms with Crippen molar-refractivity contribution in [3.63, 3.8) is 0 Å². The molecule has 0 N–H and O–H groups in total. The molecule has 0 bridgehead atoms. The van der Waals surface area contributed by atoms with Crippen LogP contribution in [0.25, 0.3) is 0 Å². The van der Waals surface area contributed by atoms with Gasteiger partial charge in [-0.05, 0) is 36.4 Å². The van der Waals surface area contributed by atoms with Gasteiger partial charge in [-0.25, -0.2) is 8.42 Å². The zero-order valence-electron chi connectivity index (χ0n) is 16.9. The Morgan fingerprint density at radius 3 is 2.66 bits per heavy atom. The highest BCUT2D eigenvalue weighted by Crippen LogP contribution is 2.39. The van der Waals surface area contributed by atoms with Crippen molar-refractivity contribution in [2.24, 2.45) is 4.99 Å². The highest BCUT2D eigenvalue weighted by molar-refractivity contribution is 8.15. The van der Waals surface area contributed by atoms with Crippen molar-refractivity contribution in [3.05, 3.63) is 59.2 Å². The van der Waals surface area contributed by atoms with Gasteiger partial charge in [0.15, 0.2) is 15.0 Å². The van der Waals surface area contributed by atoms with Crippen LogP contribution in [0.4, 0.5) is 18.9 Å². The Labute approximate surface area is 187 Å². The van der Waals surface area contributed by atoms with Gasteiger partial charge in [0.2, 0.25) is 0 Å². The summed E-state index contributed by atoms with van der Waals surface area (Å²) >= 11 is 1.25. The van der Waals surface area contributed by atoms with Crippen molar-refractivity contribution in [2.45, 2.75) is 24.0 Å². The van der Waals surface area contributed by atoms with Crippen molar-refractivity contribution in [1.29, 1.82) is 0 Å². The van der Waals surface area contributed by atoms with Crippen LogP contribution in [0.1, 0.15) is 21.5 Å². The number of halogens is 3. The van der Waals surface area contributed by atoms with Gasteiger partial charge in [-0.2, -0.15) is 13.2 Å². The topological polar surface area (TPSA) is 76.0 Å². The van der Waals surface area contributed by atoms with Crippen LogP contribution in [-0.4, -0.2) is 49.8 Å². The van der Waals surface area contributed by atoms with Gasteiger partial charge >= 0.3 is 6.18 Å². The molecule has 2 aliphatic heterocycles. The maximum absolute atomic E-state index is 13.3. The van der Waals surface area contributed by atoms with Crippen LogP contribution in [0.15, 0.2) is 47.5 Å². The summed E-state index contributed by atoms with van der Waals surface area (Å²) < 4.78 is 69.3. The third-order valence-electron chi connectivity index (χ3n) is 5.29. The van der Waals surface area contributed by atoms with Crippen molar-refractivity contribution in [2.75, 3.05) is 23.5 Å². The van der Waals surface area contributed by atoms with E-state index in [4.69, 9.17) is 4.74 Å². The van der Waals surface area contributed by atoms with Gasteiger partial charge < -0.3 is 9.64 Å². The highest BCUT2D eigenvalue weighted by Gasteiger charge is 2.44. The van der Waals surface area contributed by atoms with Crippen LogP contribution in [0, 0.1) is 0 Å². The smallest absolute Gasteiger partial charge is 0.416 e. The standard InChI is InChI=1S/C21H19F3N2O4S2/c1-30-18-6-5-13(10-27)7-14(18)9-26(16-4-2-3-15(8-16)21(22,23)24)20-25-17-11-32(28,29)12-19(17)31-20/h2-8,10,17,19H,9,11-12H2,1H3/t17-,19+/m1/s1. The van der Waals surface area contributed by atoms with Crippen LogP contribution < -0.4 is 9.64 Å². The molecule has 11 heteroatoms. The molecule has 2 aromatic carbocycles. The number of carbonyl (C=O) groups is 1. The number of benzene rings is 2. The molecule has 2 heterocycles. The lowest BCUT2D eigenvalue weighted by atomic mass is 10.1. The monoisotopic (exact) mass is 484 g/mol. The number of anilines is 1. The Morgan fingerprint density at radius 1 is 1.22 bits per heavy atom. The fraction of sp³-hybridized carbons (Fsp3) is 0.333. The molecule has 0 amide bonds. The zero-order valence-corrected chi connectivity index (χ0v) is 18.5. The normalized spacial score (nSPS) is 21.7. The van der Waals surface area contributed by atoms with Crippen molar-refractivity contribution in [1.82, 2.24) is 0 Å². The molecule has 32 heavy (non-hydrogen) atoms. The minimum absolute atomic E-state index is 0.0181. The summed E-state index contributed by atoms with van der Waals surface area (Å²) in [7, 11) is -1.71. The molecule has 0 saturated carbocycles. The van der Waals surface area contributed by atoms with E-state index in [1.165, 1.54) is 24.9 Å². The van der Waals surface area contributed by atoms with E-state index in [0.29, 0.717) is 28.3 Å². The molecule has 1 fully saturated rings. The van der Waals surface area contributed by atoms with Gasteiger partial charge in [-0.3, -0.25) is 9.79 Å². The number of nitrogens with zero attached hydrogens (tertiary/aromatic N) is 2. The number of ether oxygens (including phenoxy) is 1. The maximum atomic E-state index is 13.3. The van der Waals surface area contributed by atoms with Gasteiger partial charge in [-0.15, -0.1) is 0 Å². The van der Waals surface area contributed by atoms with E-state index in [1.54, 1.807) is 29.2 Å². The summed E-state index contributed by atoms with van der Waals surface area (Å²) in [4.78, 5) is 17.4. The largest absolute Gasteiger partial charge is 0.496 e. The molecule has 4 rings (SSSR count). The van der Waals surface area contributed by atoms with Crippen molar-refractivity contribution in [3.8, 4) is 5.75 Å². The summed E-state index contributed by atoms with van der Waals surface area (Å²) in [6, 6.07) is 9.25. The molecular formula is C21H19F3N2O4S2. The van der Waals surface area contributed by atoms with Crippen LogP contribution in [0.3, 0.4) is 0 Å². The predicted molar refractivity (Wildman–Crippen MR) is 117 cm³/mol. The summed E-state index contributed by atoms with van der Waals surface area (Å²) in [5, 5.41) is 0.166. The van der Waals surface area contributed by atoms with E-state index in [1.807, 2.05) is 0 Å². The Hall–Kier alpha value is -2.53. The number of amidine groups is 1. The second kappa shape index (κ2) is 8.43. The number of rotatable bonds is 5. The van der Waals surface area contributed by atoms with Gasteiger partial charge in [0.25, 0.3) is 0 Å². The Morgan fingerprint density at radius 2 is 2.00 bits per heavy atom. The Bertz CT molecular complexity index is 1180. The maximum Gasteiger partial charge on any atom is 0.416 e. The molecule has 2 aliphatic rings. The molecular weight excluding hydrogens is 465 g/mol. The first-order valence-electron chi connectivity index (χ1n) is 9.61. The number of thioether (sulfide) groups is 1. The lowest BCUT2D eigenvalue weighted by Crippen LogP contribution is -2.28. The number of alkyl halides is 3. The SMILES string of the molecule is COc1ccc(C=O)cc1CN(C1=N[C@@H]2CS(=O)(=O)C[C@@H]2S1)c1cccc(C(F)(F)F)c1. The second-order valence-electron chi connectivity index (χ2n) is 7.54. The minimum atomic E-state index is -4.52. The molecule has 1 saturated heterocycles. The van der Waals surface area contributed by atoms with Crippen LogP contribution in [0.5, 0.6) is 5.75 Å². The van der Waals surface area contributed by atoms with E-state index >= 15 is 0 Å². The summed E-state index contributed by atoms with van der Waals surface area (Å²) in [5.74, 6) is 0.378. The minimum Gasteiger partial charge on any atom is -0.496 e. The first-order valence-corrected chi connectivity index (χ1v) is 12.3. The quantitative estimate of drug-likeness (QED) is 0.601. The molecule has 0 spiro atoms. The van der Waals surface area contributed by atoms with Crippen LogP contribution >= 0.6 is 11.8 Å². The molecule has 0 unspecified atom stereocenters. The van der Waals surface area contributed by atoms with Gasteiger partial charge in [0, 0.05) is 22.1 Å². The fourth-order valence-corrected chi connectivity index (χ4v) is 7.54. The predicted octanol–water partition coefficient (Wildman–Crippen LogP) is 3.80.